The molecule has 0 spiro atoms. The van der Waals surface area contributed by atoms with Crippen LogP contribution in [-0.2, 0) is 24.4 Å². The quantitative estimate of drug-likeness (QED) is 0.908. The normalized spacial score (nSPS) is 16.3. The third kappa shape index (κ3) is 3.19. The van der Waals surface area contributed by atoms with Gasteiger partial charge in [-0.3, -0.25) is 9.69 Å². The first-order valence-corrected chi connectivity index (χ1v) is 7.10. The Morgan fingerprint density at radius 1 is 1.35 bits per heavy atom. The highest BCUT2D eigenvalue weighted by Gasteiger charge is 2.23. The Kier molecular flexibility index (Phi) is 4.45. The van der Waals surface area contributed by atoms with Gasteiger partial charge in [-0.2, -0.15) is 0 Å². The number of aliphatic hydroxyl groups excluding tert-OH is 1. The molecule has 20 heavy (non-hydrogen) atoms. The molecular weight excluding hydrogens is 252 g/mol. The van der Waals surface area contributed by atoms with Crippen LogP contribution in [0, 0.1) is 5.92 Å². The molecule has 0 radical (unpaired) electrons. The van der Waals surface area contributed by atoms with Gasteiger partial charge in [0.05, 0.1) is 0 Å². The van der Waals surface area contributed by atoms with E-state index in [0.717, 1.165) is 18.7 Å². The van der Waals surface area contributed by atoms with Gasteiger partial charge in [-0.05, 0) is 29.7 Å². The van der Waals surface area contributed by atoms with Gasteiger partial charge in [-0.25, -0.2) is 0 Å². The zero-order valence-electron chi connectivity index (χ0n) is 12.8. The fourth-order valence-corrected chi connectivity index (χ4v) is 2.58. The fraction of sp³-hybridized carbons (Fsp3) is 0.562. The zero-order valence-corrected chi connectivity index (χ0v) is 12.8. The molecule has 1 unspecified atom stereocenters. The Hall–Kier alpha value is -1.39. The molecule has 0 saturated carbocycles. The third-order valence-electron chi connectivity index (χ3n) is 3.83. The number of hydrogen-bond donors (Lipinski definition) is 1. The van der Waals surface area contributed by atoms with Gasteiger partial charge in [0, 0.05) is 26.7 Å². The van der Waals surface area contributed by atoms with Crippen LogP contribution >= 0.6 is 0 Å². The summed E-state index contributed by atoms with van der Waals surface area (Å²) in [5, 5.41) is 9.84. The van der Waals surface area contributed by atoms with Gasteiger partial charge in [0.25, 0.3) is 5.91 Å². The number of nitrogens with zero attached hydrogens (tertiary/aromatic N) is 2. The Bertz CT molecular complexity index is 499. The lowest BCUT2D eigenvalue weighted by atomic mass is 10.0. The minimum atomic E-state index is -0.916. The smallest absolute Gasteiger partial charge is 0.251 e. The van der Waals surface area contributed by atoms with Crippen molar-refractivity contribution in [1.82, 2.24) is 9.80 Å². The SMILES string of the molecule is CC(C)C(O)C(=O)N(C)Cc1ccc2c(c1)CN(C)C2. The monoisotopic (exact) mass is 276 g/mol. The first kappa shape index (κ1) is 15.0. The lowest BCUT2D eigenvalue weighted by molar-refractivity contribution is -0.141. The second-order valence-electron chi connectivity index (χ2n) is 6.16. The van der Waals surface area contributed by atoms with Crippen LogP contribution in [0.2, 0.25) is 0 Å². The number of carbonyl (C=O) groups is 1. The summed E-state index contributed by atoms with van der Waals surface area (Å²) in [6.07, 6.45) is -0.916. The molecule has 110 valence electrons. The summed E-state index contributed by atoms with van der Waals surface area (Å²) in [6, 6.07) is 6.39. The van der Waals surface area contributed by atoms with Crippen molar-refractivity contribution >= 4 is 5.91 Å². The van der Waals surface area contributed by atoms with Crippen molar-refractivity contribution < 1.29 is 9.90 Å². The molecule has 0 bridgehead atoms. The predicted molar refractivity (Wildman–Crippen MR) is 78.9 cm³/mol. The summed E-state index contributed by atoms with van der Waals surface area (Å²) in [6.45, 7) is 6.20. The second-order valence-corrected chi connectivity index (χ2v) is 6.16. The van der Waals surface area contributed by atoms with Crippen molar-refractivity contribution in [3.63, 3.8) is 0 Å². The molecule has 1 aliphatic heterocycles. The Labute approximate surface area is 121 Å². The van der Waals surface area contributed by atoms with Crippen LogP contribution in [0.3, 0.4) is 0 Å². The molecule has 1 aromatic carbocycles. The zero-order chi connectivity index (χ0) is 14.9. The van der Waals surface area contributed by atoms with Crippen LogP contribution in [0.1, 0.15) is 30.5 Å². The molecule has 1 aliphatic rings. The van der Waals surface area contributed by atoms with Crippen LogP contribution in [-0.4, -0.2) is 41.0 Å². The van der Waals surface area contributed by atoms with Gasteiger partial charge in [-0.15, -0.1) is 0 Å². The van der Waals surface area contributed by atoms with E-state index in [9.17, 15) is 9.90 Å². The van der Waals surface area contributed by atoms with Crippen LogP contribution in [0.4, 0.5) is 0 Å². The van der Waals surface area contributed by atoms with E-state index in [2.05, 4.69) is 30.1 Å². The van der Waals surface area contributed by atoms with E-state index in [-0.39, 0.29) is 11.8 Å². The van der Waals surface area contributed by atoms with Gasteiger partial charge in [0.1, 0.15) is 6.10 Å². The highest BCUT2D eigenvalue weighted by molar-refractivity contribution is 5.80. The lowest BCUT2D eigenvalue weighted by Gasteiger charge is -2.23. The predicted octanol–water partition coefficient (Wildman–Crippen LogP) is 1.61. The van der Waals surface area contributed by atoms with Crippen LogP contribution < -0.4 is 0 Å². The summed E-state index contributed by atoms with van der Waals surface area (Å²) in [5.41, 5.74) is 3.83. The number of likely N-dealkylation sites (N-methyl/N-ethyl adjacent to an activating group) is 1. The topological polar surface area (TPSA) is 43.8 Å². The summed E-state index contributed by atoms with van der Waals surface area (Å²) in [4.78, 5) is 15.9. The Morgan fingerprint density at radius 3 is 2.65 bits per heavy atom. The van der Waals surface area contributed by atoms with E-state index < -0.39 is 6.10 Å². The number of benzene rings is 1. The lowest BCUT2D eigenvalue weighted by Crippen LogP contribution is -2.38. The summed E-state index contributed by atoms with van der Waals surface area (Å²) >= 11 is 0. The third-order valence-corrected chi connectivity index (χ3v) is 3.83. The number of hydrogen-bond acceptors (Lipinski definition) is 3. The minimum absolute atomic E-state index is 0.0568. The van der Waals surface area contributed by atoms with Crippen molar-refractivity contribution in [2.75, 3.05) is 14.1 Å². The maximum atomic E-state index is 12.0. The molecule has 0 fully saturated rings. The Balaban J connectivity index is 2.04. The molecule has 1 aromatic rings. The van der Waals surface area contributed by atoms with Crippen molar-refractivity contribution in [3.8, 4) is 0 Å². The van der Waals surface area contributed by atoms with Gasteiger partial charge in [0.15, 0.2) is 0 Å². The van der Waals surface area contributed by atoms with Crippen molar-refractivity contribution in [2.24, 2.45) is 5.92 Å². The van der Waals surface area contributed by atoms with E-state index in [1.807, 2.05) is 13.8 Å². The molecule has 1 heterocycles. The molecule has 1 atom stereocenters. The molecule has 4 heteroatoms. The van der Waals surface area contributed by atoms with Gasteiger partial charge >= 0.3 is 0 Å². The van der Waals surface area contributed by atoms with Crippen LogP contribution in [0.5, 0.6) is 0 Å². The molecule has 1 N–H and O–H groups in total. The van der Waals surface area contributed by atoms with E-state index in [1.165, 1.54) is 11.1 Å². The number of carbonyl (C=O) groups excluding carboxylic acids is 1. The van der Waals surface area contributed by atoms with Gasteiger partial charge in [0.2, 0.25) is 0 Å². The fourth-order valence-electron chi connectivity index (χ4n) is 2.58. The van der Waals surface area contributed by atoms with Crippen molar-refractivity contribution in [3.05, 3.63) is 34.9 Å². The maximum absolute atomic E-state index is 12.0. The standard InChI is InChI=1S/C16H24N2O2/c1-11(2)15(19)16(20)18(4)8-12-5-6-13-9-17(3)10-14(13)7-12/h5-7,11,15,19H,8-10H2,1-4H3. The number of amides is 1. The summed E-state index contributed by atoms with van der Waals surface area (Å²) < 4.78 is 0. The van der Waals surface area contributed by atoms with Crippen molar-refractivity contribution in [1.29, 1.82) is 0 Å². The average Bonchev–Trinajstić information content (AvgIpc) is 2.76. The van der Waals surface area contributed by atoms with E-state index in [4.69, 9.17) is 0 Å². The molecular formula is C16H24N2O2. The number of aliphatic hydroxyl groups is 1. The largest absolute Gasteiger partial charge is 0.383 e. The molecule has 2 rings (SSSR count). The number of rotatable bonds is 4. The van der Waals surface area contributed by atoms with Gasteiger partial charge in [-0.1, -0.05) is 32.0 Å². The minimum Gasteiger partial charge on any atom is -0.383 e. The van der Waals surface area contributed by atoms with Crippen LogP contribution in [0.15, 0.2) is 18.2 Å². The van der Waals surface area contributed by atoms with E-state index in [1.54, 1.807) is 11.9 Å². The highest BCUT2D eigenvalue weighted by atomic mass is 16.3. The maximum Gasteiger partial charge on any atom is 0.251 e. The molecule has 1 amide bonds. The van der Waals surface area contributed by atoms with E-state index >= 15 is 0 Å². The van der Waals surface area contributed by atoms with E-state index in [0.29, 0.717) is 6.54 Å². The van der Waals surface area contributed by atoms with Crippen LogP contribution in [0.25, 0.3) is 0 Å². The number of fused-ring (bicyclic) bond motifs is 1. The summed E-state index contributed by atoms with van der Waals surface area (Å²) in [5.74, 6) is -0.267. The molecule has 0 saturated heterocycles. The Morgan fingerprint density at radius 2 is 2.00 bits per heavy atom. The molecule has 0 aliphatic carbocycles. The summed E-state index contributed by atoms with van der Waals surface area (Å²) in [7, 11) is 3.85. The first-order chi connectivity index (χ1) is 9.38. The molecule has 0 aromatic heterocycles. The highest BCUT2D eigenvalue weighted by Crippen LogP contribution is 2.23. The van der Waals surface area contributed by atoms with Gasteiger partial charge < -0.3 is 10.0 Å². The average molecular weight is 276 g/mol. The van der Waals surface area contributed by atoms with Crippen molar-refractivity contribution in [2.45, 2.75) is 39.6 Å². The molecule has 4 nitrogen and oxygen atoms in total. The second kappa shape index (κ2) is 5.94. The first-order valence-electron chi connectivity index (χ1n) is 7.10.